The van der Waals surface area contributed by atoms with Crippen molar-refractivity contribution in [3.8, 4) is 0 Å². The Labute approximate surface area is 145 Å². The largest absolute Gasteiger partial charge is 0.481 e. The van der Waals surface area contributed by atoms with Crippen molar-refractivity contribution >= 4 is 22.9 Å². The SMILES string of the molecule is O=C(O)C[C@]1(NC(=O)Cn2c(C(F)(F)F)nc3ccccc32)CCOC1. The molecule has 0 bridgehead atoms. The van der Waals surface area contributed by atoms with Gasteiger partial charge in [-0.3, -0.25) is 9.59 Å². The third-order valence-electron chi connectivity index (χ3n) is 4.21. The molecule has 1 saturated heterocycles. The second kappa shape index (κ2) is 6.60. The molecule has 1 aliphatic heterocycles. The Hall–Kier alpha value is -2.62. The molecular weight excluding hydrogens is 355 g/mol. The van der Waals surface area contributed by atoms with Crippen LogP contribution in [-0.4, -0.2) is 45.3 Å². The molecule has 1 atom stereocenters. The van der Waals surface area contributed by atoms with E-state index in [0.717, 1.165) is 4.57 Å². The van der Waals surface area contributed by atoms with Gasteiger partial charge in [0.05, 0.1) is 29.6 Å². The summed E-state index contributed by atoms with van der Waals surface area (Å²) in [6.45, 7) is -0.353. The third-order valence-corrected chi connectivity index (χ3v) is 4.21. The summed E-state index contributed by atoms with van der Waals surface area (Å²) in [6, 6.07) is 5.97. The van der Waals surface area contributed by atoms with Gasteiger partial charge in [-0.25, -0.2) is 4.98 Å². The Bertz CT molecular complexity index is 841. The van der Waals surface area contributed by atoms with Gasteiger partial charge in [-0.2, -0.15) is 13.2 Å². The van der Waals surface area contributed by atoms with E-state index in [4.69, 9.17) is 9.84 Å². The Kier molecular flexibility index (Phi) is 4.61. The van der Waals surface area contributed by atoms with Crippen molar-refractivity contribution < 1.29 is 32.6 Å². The fourth-order valence-electron chi connectivity index (χ4n) is 3.11. The van der Waals surface area contributed by atoms with Crippen molar-refractivity contribution in [2.24, 2.45) is 0 Å². The smallest absolute Gasteiger partial charge is 0.449 e. The van der Waals surface area contributed by atoms with E-state index in [0.29, 0.717) is 0 Å². The molecule has 1 aromatic carbocycles. The number of carbonyl (C=O) groups excluding carboxylic acids is 1. The lowest BCUT2D eigenvalue weighted by Crippen LogP contribution is -2.51. The number of carbonyl (C=O) groups is 2. The van der Waals surface area contributed by atoms with E-state index >= 15 is 0 Å². The molecule has 1 amide bonds. The van der Waals surface area contributed by atoms with Gasteiger partial charge in [-0.05, 0) is 18.6 Å². The second-order valence-electron chi connectivity index (χ2n) is 6.21. The number of carboxylic acids is 1. The van der Waals surface area contributed by atoms with Gasteiger partial charge < -0.3 is 19.7 Å². The lowest BCUT2D eigenvalue weighted by atomic mass is 9.94. The van der Waals surface area contributed by atoms with Crippen LogP contribution in [0.5, 0.6) is 0 Å². The number of amides is 1. The average molecular weight is 371 g/mol. The van der Waals surface area contributed by atoms with Crippen molar-refractivity contribution in [3.63, 3.8) is 0 Å². The fraction of sp³-hybridized carbons (Fsp3) is 0.438. The summed E-state index contributed by atoms with van der Waals surface area (Å²) in [7, 11) is 0. The van der Waals surface area contributed by atoms with Crippen LogP contribution in [0.3, 0.4) is 0 Å². The highest BCUT2D eigenvalue weighted by Crippen LogP contribution is 2.31. The molecule has 7 nitrogen and oxygen atoms in total. The number of nitrogens with one attached hydrogen (secondary N) is 1. The van der Waals surface area contributed by atoms with Gasteiger partial charge in [0.2, 0.25) is 11.7 Å². The molecule has 26 heavy (non-hydrogen) atoms. The minimum Gasteiger partial charge on any atom is -0.481 e. The fourth-order valence-corrected chi connectivity index (χ4v) is 3.11. The van der Waals surface area contributed by atoms with Crippen LogP contribution in [0.4, 0.5) is 13.2 Å². The molecule has 0 radical (unpaired) electrons. The Morgan fingerprint density at radius 1 is 1.35 bits per heavy atom. The molecule has 0 spiro atoms. The maximum atomic E-state index is 13.3. The minimum atomic E-state index is -4.73. The molecule has 2 N–H and O–H groups in total. The van der Waals surface area contributed by atoms with Crippen LogP contribution in [0.1, 0.15) is 18.7 Å². The van der Waals surface area contributed by atoms with Gasteiger partial charge >= 0.3 is 12.1 Å². The highest BCUT2D eigenvalue weighted by atomic mass is 19.4. The van der Waals surface area contributed by atoms with Crippen LogP contribution in [0.25, 0.3) is 11.0 Å². The standard InChI is InChI=1S/C16H16F3N3O4/c17-16(18,19)14-20-10-3-1-2-4-11(10)22(14)8-12(23)21-15(7-13(24)25)5-6-26-9-15/h1-4H,5-9H2,(H,21,23)(H,24,25)/t15-/m1/s1. The first-order valence-corrected chi connectivity index (χ1v) is 7.83. The lowest BCUT2D eigenvalue weighted by molar-refractivity contribution is -0.147. The van der Waals surface area contributed by atoms with Gasteiger partial charge in [-0.1, -0.05) is 12.1 Å². The van der Waals surface area contributed by atoms with Crippen molar-refractivity contribution in [2.75, 3.05) is 13.2 Å². The number of fused-ring (bicyclic) bond motifs is 1. The predicted molar refractivity (Wildman–Crippen MR) is 83.3 cm³/mol. The zero-order chi connectivity index (χ0) is 18.9. The second-order valence-corrected chi connectivity index (χ2v) is 6.21. The highest BCUT2D eigenvalue weighted by molar-refractivity contribution is 5.82. The number of alkyl halides is 3. The number of imidazole rings is 1. The first-order chi connectivity index (χ1) is 12.2. The van der Waals surface area contributed by atoms with E-state index in [-0.39, 0.29) is 37.1 Å². The van der Waals surface area contributed by atoms with E-state index in [9.17, 15) is 22.8 Å². The van der Waals surface area contributed by atoms with E-state index in [1.54, 1.807) is 12.1 Å². The predicted octanol–water partition coefficient (Wildman–Crippen LogP) is 1.81. The molecule has 3 rings (SSSR count). The van der Waals surface area contributed by atoms with Crippen molar-refractivity contribution in [1.82, 2.24) is 14.9 Å². The molecule has 1 aromatic heterocycles. The summed E-state index contributed by atoms with van der Waals surface area (Å²) in [5.74, 6) is -3.03. The van der Waals surface area contributed by atoms with E-state index in [2.05, 4.69) is 10.3 Å². The summed E-state index contributed by atoms with van der Waals surface area (Å²) in [5, 5.41) is 11.6. The number of carboxylic acid groups (broad SMARTS) is 1. The number of para-hydroxylation sites is 2. The van der Waals surface area contributed by atoms with Crippen LogP contribution in [-0.2, 0) is 27.0 Å². The average Bonchev–Trinajstić information content (AvgIpc) is 3.11. The molecule has 10 heteroatoms. The van der Waals surface area contributed by atoms with Crippen molar-refractivity contribution in [3.05, 3.63) is 30.1 Å². The number of nitrogens with zero attached hydrogens (tertiary/aromatic N) is 2. The van der Waals surface area contributed by atoms with E-state index < -0.39 is 36.0 Å². The first kappa shape index (κ1) is 18.2. The number of aromatic nitrogens is 2. The van der Waals surface area contributed by atoms with Crippen LogP contribution in [0.2, 0.25) is 0 Å². The van der Waals surface area contributed by atoms with Crippen LogP contribution in [0, 0.1) is 0 Å². The van der Waals surface area contributed by atoms with Crippen molar-refractivity contribution in [1.29, 1.82) is 0 Å². The van der Waals surface area contributed by atoms with Gasteiger partial charge in [-0.15, -0.1) is 0 Å². The lowest BCUT2D eigenvalue weighted by Gasteiger charge is -2.27. The third kappa shape index (κ3) is 3.64. The first-order valence-electron chi connectivity index (χ1n) is 7.83. The van der Waals surface area contributed by atoms with Crippen LogP contribution >= 0.6 is 0 Å². The summed E-state index contributed by atoms with van der Waals surface area (Å²) in [6.07, 6.45) is -4.81. The maximum Gasteiger partial charge on any atom is 0.449 e. The van der Waals surface area contributed by atoms with Crippen molar-refractivity contribution in [2.45, 2.75) is 31.1 Å². The quantitative estimate of drug-likeness (QED) is 0.836. The number of benzene rings is 1. The monoisotopic (exact) mass is 371 g/mol. The number of aliphatic carboxylic acids is 1. The number of ether oxygens (including phenoxy) is 1. The zero-order valence-corrected chi connectivity index (χ0v) is 13.5. The van der Waals surface area contributed by atoms with Gasteiger partial charge in [0.15, 0.2) is 0 Å². The zero-order valence-electron chi connectivity index (χ0n) is 13.5. The molecule has 0 saturated carbocycles. The Balaban J connectivity index is 1.88. The molecule has 1 aliphatic rings. The van der Waals surface area contributed by atoms with Gasteiger partial charge in [0.1, 0.15) is 6.54 Å². The number of hydrogen-bond donors (Lipinski definition) is 2. The summed E-state index contributed by atoms with van der Waals surface area (Å²) < 4.78 is 45.8. The molecule has 1 fully saturated rings. The Morgan fingerprint density at radius 2 is 2.08 bits per heavy atom. The summed E-state index contributed by atoms with van der Waals surface area (Å²) in [5.41, 5.74) is -0.820. The maximum absolute atomic E-state index is 13.3. The van der Waals surface area contributed by atoms with Crippen LogP contribution < -0.4 is 5.32 Å². The molecule has 2 heterocycles. The van der Waals surface area contributed by atoms with E-state index in [1.807, 2.05) is 0 Å². The Morgan fingerprint density at radius 3 is 2.69 bits per heavy atom. The van der Waals surface area contributed by atoms with E-state index in [1.165, 1.54) is 12.1 Å². The summed E-state index contributed by atoms with van der Waals surface area (Å²) in [4.78, 5) is 27.0. The molecule has 140 valence electrons. The molecule has 2 aromatic rings. The topological polar surface area (TPSA) is 93.5 Å². The molecular formula is C16H16F3N3O4. The van der Waals surface area contributed by atoms with Gasteiger partial charge in [0.25, 0.3) is 0 Å². The number of rotatable bonds is 5. The molecule has 0 aliphatic carbocycles. The molecule has 0 unspecified atom stereocenters. The minimum absolute atomic E-state index is 0.00183. The highest BCUT2D eigenvalue weighted by Gasteiger charge is 2.40. The normalized spacial score (nSPS) is 20.4. The number of halogens is 3. The number of hydrogen-bond acceptors (Lipinski definition) is 4. The van der Waals surface area contributed by atoms with Gasteiger partial charge in [0, 0.05) is 6.61 Å². The summed E-state index contributed by atoms with van der Waals surface area (Å²) >= 11 is 0. The van der Waals surface area contributed by atoms with Crippen LogP contribution in [0.15, 0.2) is 24.3 Å².